The second-order valence-corrected chi connectivity index (χ2v) is 6.48. The molecule has 7 heteroatoms. The van der Waals surface area contributed by atoms with Crippen LogP contribution in [0.5, 0.6) is 0 Å². The quantitative estimate of drug-likeness (QED) is 0.889. The molecule has 1 aromatic rings. The summed E-state index contributed by atoms with van der Waals surface area (Å²) in [6.45, 7) is 1.46. The molecule has 0 saturated carbocycles. The first-order valence-electron chi connectivity index (χ1n) is 7.25. The summed E-state index contributed by atoms with van der Waals surface area (Å²) in [7, 11) is 0. The van der Waals surface area contributed by atoms with E-state index in [0.29, 0.717) is 5.71 Å². The molecule has 116 valence electrons. The van der Waals surface area contributed by atoms with Crippen molar-refractivity contribution in [2.45, 2.75) is 12.5 Å². The van der Waals surface area contributed by atoms with Crippen molar-refractivity contribution in [3.8, 4) is 0 Å². The Labute approximate surface area is 133 Å². The van der Waals surface area contributed by atoms with Crippen LogP contribution >= 0.6 is 11.8 Å². The van der Waals surface area contributed by atoms with Crippen molar-refractivity contribution in [1.29, 1.82) is 0 Å². The number of carbonyl (C=O) groups excluding carboxylic acids is 2. The Bertz CT molecular complexity index is 599. The summed E-state index contributed by atoms with van der Waals surface area (Å²) in [5.74, 6) is 1.34. The van der Waals surface area contributed by atoms with E-state index in [2.05, 4.69) is 5.10 Å². The van der Waals surface area contributed by atoms with Gasteiger partial charge < -0.3 is 10.6 Å². The highest BCUT2D eigenvalue weighted by Crippen LogP contribution is 2.25. The van der Waals surface area contributed by atoms with Crippen molar-refractivity contribution in [1.82, 2.24) is 4.90 Å². The lowest BCUT2D eigenvalue weighted by Crippen LogP contribution is -2.42. The predicted octanol–water partition coefficient (Wildman–Crippen LogP) is 0.682. The fourth-order valence-electron chi connectivity index (χ4n) is 2.63. The highest BCUT2D eigenvalue weighted by molar-refractivity contribution is 7.99. The molecule has 6 nitrogen and oxygen atoms in total. The molecule has 0 bridgehead atoms. The first kappa shape index (κ1) is 14.9. The number of carbonyl (C=O) groups is 2. The third kappa shape index (κ3) is 2.94. The lowest BCUT2D eigenvalue weighted by molar-refractivity contribution is -0.123. The van der Waals surface area contributed by atoms with E-state index in [1.165, 1.54) is 0 Å². The van der Waals surface area contributed by atoms with Crippen LogP contribution in [0, 0.1) is 0 Å². The molecule has 2 aliphatic heterocycles. The molecule has 1 saturated heterocycles. The zero-order valence-corrected chi connectivity index (χ0v) is 13.0. The normalized spacial score (nSPS) is 21.6. The molecule has 1 atom stereocenters. The summed E-state index contributed by atoms with van der Waals surface area (Å²) in [6.07, 6.45) is 0.271. The lowest BCUT2D eigenvalue weighted by Gasteiger charge is -2.26. The predicted molar refractivity (Wildman–Crippen MR) is 87.9 cm³/mol. The summed E-state index contributed by atoms with van der Waals surface area (Å²) in [6, 6.07) is 8.73. The molecule has 0 aromatic heterocycles. The summed E-state index contributed by atoms with van der Waals surface area (Å²) in [5.41, 5.74) is 6.67. The molecular weight excluding hydrogens is 300 g/mol. The minimum Gasteiger partial charge on any atom is -0.368 e. The molecule has 0 spiro atoms. The van der Waals surface area contributed by atoms with E-state index >= 15 is 0 Å². The number of hydrogen-bond donors (Lipinski definition) is 1. The maximum absolute atomic E-state index is 12.6. The van der Waals surface area contributed by atoms with E-state index in [0.717, 1.165) is 30.3 Å². The van der Waals surface area contributed by atoms with Gasteiger partial charge in [-0.3, -0.25) is 14.6 Å². The molecule has 2 N–H and O–H groups in total. The van der Waals surface area contributed by atoms with Gasteiger partial charge in [-0.25, -0.2) is 0 Å². The summed E-state index contributed by atoms with van der Waals surface area (Å²) in [5, 5.41) is 5.95. The summed E-state index contributed by atoms with van der Waals surface area (Å²) < 4.78 is 0. The fraction of sp³-hybridized carbons (Fsp3) is 0.400. The van der Waals surface area contributed by atoms with Crippen LogP contribution in [-0.2, 0) is 9.59 Å². The number of primary amides is 1. The van der Waals surface area contributed by atoms with E-state index in [9.17, 15) is 9.59 Å². The zero-order valence-electron chi connectivity index (χ0n) is 12.1. The van der Waals surface area contributed by atoms with Gasteiger partial charge in [0.15, 0.2) is 0 Å². The number of nitrogens with zero attached hydrogens (tertiary/aromatic N) is 3. The van der Waals surface area contributed by atoms with Gasteiger partial charge in [-0.15, -0.1) is 0 Å². The van der Waals surface area contributed by atoms with Crippen LogP contribution in [0.15, 0.2) is 35.4 Å². The van der Waals surface area contributed by atoms with Crippen LogP contribution in [0.4, 0.5) is 5.69 Å². The number of amides is 2. The Balaban J connectivity index is 1.83. The average molecular weight is 318 g/mol. The Kier molecular flexibility index (Phi) is 4.33. The Morgan fingerprint density at radius 3 is 2.50 bits per heavy atom. The molecule has 3 rings (SSSR count). The fourth-order valence-corrected chi connectivity index (χ4v) is 3.53. The first-order chi connectivity index (χ1) is 10.7. The molecular formula is C15H18N4O2S. The second kappa shape index (κ2) is 6.39. The number of nitrogens with two attached hydrogens (primary N) is 1. The van der Waals surface area contributed by atoms with Gasteiger partial charge in [-0.1, -0.05) is 18.2 Å². The Hall–Kier alpha value is -2.02. The number of benzene rings is 1. The molecule has 0 aliphatic carbocycles. The average Bonchev–Trinajstić information content (AvgIpc) is 3.01. The molecule has 1 unspecified atom stereocenters. The maximum atomic E-state index is 12.6. The van der Waals surface area contributed by atoms with Gasteiger partial charge in [-0.2, -0.15) is 16.9 Å². The van der Waals surface area contributed by atoms with Crippen molar-refractivity contribution in [3.63, 3.8) is 0 Å². The third-order valence-corrected chi connectivity index (χ3v) is 4.75. The van der Waals surface area contributed by atoms with Gasteiger partial charge in [0.05, 0.1) is 5.69 Å². The molecule has 1 aromatic carbocycles. The Morgan fingerprint density at radius 2 is 1.86 bits per heavy atom. The standard InChI is InChI=1S/C15H18N4O2S/c16-14(20)13-10-12(15(21)18-6-8-22-9-7-18)17-19(13)11-4-2-1-3-5-11/h1-5,13H,6-10H2,(H2,16,20). The van der Waals surface area contributed by atoms with Gasteiger partial charge in [-0.05, 0) is 12.1 Å². The maximum Gasteiger partial charge on any atom is 0.270 e. The summed E-state index contributed by atoms with van der Waals surface area (Å²) >= 11 is 1.84. The van der Waals surface area contributed by atoms with Crippen molar-refractivity contribution < 1.29 is 9.59 Å². The van der Waals surface area contributed by atoms with Gasteiger partial charge in [0.1, 0.15) is 11.8 Å². The smallest absolute Gasteiger partial charge is 0.270 e. The number of hydrogen-bond acceptors (Lipinski definition) is 5. The van der Waals surface area contributed by atoms with Crippen LogP contribution in [-0.4, -0.2) is 53.1 Å². The van der Waals surface area contributed by atoms with Gasteiger partial charge in [0, 0.05) is 31.0 Å². The number of hydrazone groups is 1. The second-order valence-electron chi connectivity index (χ2n) is 5.25. The van der Waals surface area contributed by atoms with E-state index in [1.807, 2.05) is 47.0 Å². The molecule has 2 heterocycles. The minimum atomic E-state index is -0.597. The van der Waals surface area contributed by atoms with Gasteiger partial charge in [0.25, 0.3) is 5.91 Å². The van der Waals surface area contributed by atoms with E-state index in [4.69, 9.17) is 5.73 Å². The minimum absolute atomic E-state index is 0.0787. The van der Waals surface area contributed by atoms with Crippen LogP contribution in [0.25, 0.3) is 0 Å². The van der Waals surface area contributed by atoms with Crippen LogP contribution in [0.3, 0.4) is 0 Å². The van der Waals surface area contributed by atoms with Gasteiger partial charge in [0.2, 0.25) is 5.91 Å². The zero-order chi connectivity index (χ0) is 15.5. The molecule has 0 radical (unpaired) electrons. The summed E-state index contributed by atoms with van der Waals surface area (Å²) in [4.78, 5) is 26.1. The topological polar surface area (TPSA) is 79.0 Å². The Morgan fingerprint density at radius 1 is 1.18 bits per heavy atom. The molecule has 2 amide bonds. The van der Waals surface area contributed by atoms with Crippen LogP contribution in [0.2, 0.25) is 0 Å². The van der Waals surface area contributed by atoms with Crippen molar-refractivity contribution in [2.75, 3.05) is 29.6 Å². The van der Waals surface area contributed by atoms with E-state index in [-0.39, 0.29) is 12.3 Å². The molecule has 22 heavy (non-hydrogen) atoms. The van der Waals surface area contributed by atoms with Crippen LogP contribution < -0.4 is 10.7 Å². The highest BCUT2D eigenvalue weighted by Gasteiger charge is 2.36. The lowest BCUT2D eigenvalue weighted by atomic mass is 10.1. The van der Waals surface area contributed by atoms with Crippen molar-refractivity contribution in [3.05, 3.63) is 30.3 Å². The highest BCUT2D eigenvalue weighted by atomic mass is 32.2. The number of rotatable bonds is 3. The molecule has 1 fully saturated rings. The van der Waals surface area contributed by atoms with Crippen molar-refractivity contribution >= 4 is 35.0 Å². The third-order valence-electron chi connectivity index (χ3n) is 3.80. The van der Waals surface area contributed by atoms with Gasteiger partial charge >= 0.3 is 0 Å². The number of para-hydroxylation sites is 1. The van der Waals surface area contributed by atoms with Crippen LogP contribution in [0.1, 0.15) is 6.42 Å². The molecule has 2 aliphatic rings. The monoisotopic (exact) mass is 318 g/mol. The number of anilines is 1. The van der Waals surface area contributed by atoms with E-state index in [1.54, 1.807) is 5.01 Å². The SMILES string of the molecule is NC(=O)C1CC(C(=O)N2CCSCC2)=NN1c1ccccc1. The van der Waals surface area contributed by atoms with Crippen molar-refractivity contribution in [2.24, 2.45) is 10.8 Å². The van der Waals surface area contributed by atoms with E-state index < -0.39 is 11.9 Å². The largest absolute Gasteiger partial charge is 0.368 e. The number of thioether (sulfide) groups is 1. The first-order valence-corrected chi connectivity index (χ1v) is 8.40.